The third-order valence-electron chi connectivity index (χ3n) is 6.87. The summed E-state index contributed by atoms with van der Waals surface area (Å²) in [6.45, 7) is 4.54. The molecule has 184 valence electrons. The lowest BCUT2D eigenvalue weighted by Gasteiger charge is -2.26. The molecule has 0 amide bonds. The molecule has 0 bridgehead atoms. The van der Waals surface area contributed by atoms with Crippen molar-refractivity contribution in [1.29, 1.82) is 0 Å². The van der Waals surface area contributed by atoms with E-state index in [9.17, 15) is 13.6 Å². The Hall–Kier alpha value is -3.75. The molecular formula is C28H25F2N3O3. The number of benzene rings is 3. The van der Waals surface area contributed by atoms with E-state index in [0.717, 1.165) is 41.8 Å². The van der Waals surface area contributed by atoms with E-state index in [1.807, 2.05) is 30.3 Å². The number of morpholine rings is 1. The molecule has 8 heteroatoms. The second-order valence-corrected chi connectivity index (χ2v) is 9.07. The van der Waals surface area contributed by atoms with Crippen molar-refractivity contribution in [2.75, 3.05) is 32.8 Å². The summed E-state index contributed by atoms with van der Waals surface area (Å²) in [6.07, 6.45) is 1.92. The van der Waals surface area contributed by atoms with E-state index in [0.29, 0.717) is 42.2 Å². The first-order chi connectivity index (χ1) is 17.6. The van der Waals surface area contributed by atoms with Crippen molar-refractivity contribution >= 4 is 22.7 Å². The summed E-state index contributed by atoms with van der Waals surface area (Å²) in [7, 11) is 0. The molecule has 0 spiro atoms. The number of ether oxygens (including phenoxy) is 2. The molecule has 6 nitrogen and oxygen atoms in total. The highest BCUT2D eigenvalue weighted by Gasteiger charge is 2.22. The first-order valence-electron chi connectivity index (χ1n) is 12.0. The number of aromatic amines is 1. The quantitative estimate of drug-likeness (QED) is 0.461. The second kappa shape index (κ2) is 9.37. The average molecular weight is 490 g/mol. The molecule has 0 unspecified atom stereocenters. The summed E-state index contributed by atoms with van der Waals surface area (Å²) in [6, 6.07) is 15.0. The molecule has 0 atom stereocenters. The number of hydrogen-bond acceptors (Lipinski definition) is 4. The van der Waals surface area contributed by atoms with Gasteiger partial charge in [0.1, 0.15) is 24.0 Å². The standard InChI is InChI=1S/C28H25F2N3O3/c29-19-5-6-21-22(20-2-1-3-24(30)23(20)17-36-27(21)16-19)14-18-4-7-26-25(15-18)31-28(34)33(26)9-8-32-10-12-35-13-11-32/h1-7,14-16H,8-13,17H2,(H,31,34)/b22-14+. The van der Waals surface area contributed by atoms with Crippen LogP contribution < -0.4 is 10.4 Å². The van der Waals surface area contributed by atoms with Gasteiger partial charge in [0.2, 0.25) is 0 Å². The van der Waals surface area contributed by atoms with Gasteiger partial charge in [-0.2, -0.15) is 0 Å². The van der Waals surface area contributed by atoms with E-state index in [1.165, 1.54) is 18.2 Å². The Kier molecular flexibility index (Phi) is 5.91. The normalized spacial score (nSPS) is 17.0. The second-order valence-electron chi connectivity index (χ2n) is 9.07. The van der Waals surface area contributed by atoms with Crippen LogP contribution in [-0.4, -0.2) is 47.3 Å². The van der Waals surface area contributed by atoms with Crippen LogP contribution in [0.25, 0.3) is 22.7 Å². The molecule has 3 heterocycles. The number of nitrogens with zero attached hydrogens (tertiary/aromatic N) is 2. The molecule has 1 saturated heterocycles. The molecule has 1 N–H and O–H groups in total. The molecule has 2 aliphatic rings. The summed E-state index contributed by atoms with van der Waals surface area (Å²) in [4.78, 5) is 18.0. The van der Waals surface area contributed by atoms with Crippen LogP contribution >= 0.6 is 0 Å². The topological polar surface area (TPSA) is 59.5 Å². The molecule has 1 aromatic heterocycles. The maximum Gasteiger partial charge on any atom is 0.326 e. The zero-order valence-electron chi connectivity index (χ0n) is 19.6. The van der Waals surface area contributed by atoms with Crippen molar-refractivity contribution in [3.63, 3.8) is 0 Å². The largest absolute Gasteiger partial charge is 0.488 e. The molecule has 0 radical (unpaired) electrons. The SMILES string of the molecule is O=c1[nH]c2cc(/C=C3/c4ccc(F)cc4OCc4c(F)cccc43)ccc2n1CCN1CCOCC1. The molecule has 3 aromatic carbocycles. The Morgan fingerprint density at radius 3 is 2.69 bits per heavy atom. The predicted octanol–water partition coefficient (Wildman–Crippen LogP) is 4.42. The fourth-order valence-corrected chi connectivity index (χ4v) is 4.97. The monoisotopic (exact) mass is 489 g/mol. The zero-order valence-corrected chi connectivity index (χ0v) is 19.6. The van der Waals surface area contributed by atoms with Gasteiger partial charge < -0.3 is 14.5 Å². The summed E-state index contributed by atoms with van der Waals surface area (Å²) in [5.74, 6) is -0.429. The van der Waals surface area contributed by atoms with Gasteiger partial charge in [-0.3, -0.25) is 9.47 Å². The highest BCUT2D eigenvalue weighted by molar-refractivity contribution is 5.95. The third kappa shape index (κ3) is 4.23. The van der Waals surface area contributed by atoms with Gasteiger partial charge in [-0.25, -0.2) is 13.6 Å². The van der Waals surface area contributed by atoms with Gasteiger partial charge in [-0.05, 0) is 53.1 Å². The summed E-state index contributed by atoms with van der Waals surface area (Å²) >= 11 is 0. The van der Waals surface area contributed by atoms with Crippen molar-refractivity contribution in [3.8, 4) is 5.75 Å². The lowest BCUT2D eigenvalue weighted by molar-refractivity contribution is 0.0364. The van der Waals surface area contributed by atoms with E-state index in [1.54, 1.807) is 16.7 Å². The highest BCUT2D eigenvalue weighted by atomic mass is 19.1. The van der Waals surface area contributed by atoms with Gasteiger partial charge in [0.25, 0.3) is 0 Å². The van der Waals surface area contributed by atoms with E-state index < -0.39 is 5.82 Å². The number of fused-ring (bicyclic) bond motifs is 3. The Morgan fingerprint density at radius 1 is 0.972 bits per heavy atom. The predicted molar refractivity (Wildman–Crippen MR) is 134 cm³/mol. The van der Waals surface area contributed by atoms with Crippen LogP contribution in [-0.2, 0) is 17.9 Å². The average Bonchev–Trinajstić information content (AvgIpc) is 3.11. The number of nitrogens with one attached hydrogen (secondary N) is 1. The van der Waals surface area contributed by atoms with Crippen LogP contribution in [0.4, 0.5) is 8.78 Å². The molecule has 2 aliphatic heterocycles. The van der Waals surface area contributed by atoms with Gasteiger partial charge >= 0.3 is 5.69 Å². The van der Waals surface area contributed by atoms with E-state index in [2.05, 4.69) is 9.88 Å². The fourth-order valence-electron chi connectivity index (χ4n) is 4.97. The minimum Gasteiger partial charge on any atom is -0.488 e. The molecule has 6 rings (SSSR count). The molecule has 36 heavy (non-hydrogen) atoms. The van der Waals surface area contributed by atoms with E-state index in [4.69, 9.17) is 9.47 Å². The summed E-state index contributed by atoms with van der Waals surface area (Å²) in [5, 5.41) is 0. The van der Waals surface area contributed by atoms with Crippen LogP contribution in [0.15, 0.2) is 59.4 Å². The first-order valence-corrected chi connectivity index (χ1v) is 12.0. The minimum absolute atomic E-state index is 0.00808. The van der Waals surface area contributed by atoms with Crippen molar-refractivity contribution in [2.45, 2.75) is 13.2 Å². The molecular weight excluding hydrogens is 464 g/mol. The third-order valence-corrected chi connectivity index (χ3v) is 6.87. The van der Waals surface area contributed by atoms with Crippen LogP contribution in [0.3, 0.4) is 0 Å². The first kappa shape index (κ1) is 22.7. The Bertz CT molecular complexity index is 1530. The van der Waals surface area contributed by atoms with Crippen molar-refractivity contribution < 1.29 is 18.3 Å². The lowest BCUT2D eigenvalue weighted by Crippen LogP contribution is -2.39. The van der Waals surface area contributed by atoms with Gasteiger partial charge in [0.05, 0.1) is 24.2 Å². The fraction of sp³-hybridized carbons (Fsp3) is 0.250. The lowest BCUT2D eigenvalue weighted by atomic mass is 9.92. The number of aromatic nitrogens is 2. The Morgan fingerprint density at radius 2 is 1.83 bits per heavy atom. The molecule has 0 saturated carbocycles. The van der Waals surface area contributed by atoms with E-state index >= 15 is 0 Å². The Labute approximate surface area is 206 Å². The number of halogens is 2. The molecule has 4 aromatic rings. The zero-order chi connectivity index (χ0) is 24.6. The number of H-pyrrole nitrogens is 1. The number of rotatable bonds is 4. The van der Waals surface area contributed by atoms with Crippen molar-refractivity contribution in [3.05, 3.63) is 99.0 Å². The molecule has 1 fully saturated rings. The number of imidazole rings is 1. The molecule has 0 aliphatic carbocycles. The number of hydrogen-bond donors (Lipinski definition) is 1. The van der Waals surface area contributed by atoms with Crippen molar-refractivity contribution in [2.24, 2.45) is 0 Å². The van der Waals surface area contributed by atoms with Gasteiger partial charge in [-0.1, -0.05) is 18.2 Å². The Balaban J connectivity index is 1.40. The minimum atomic E-state index is -0.419. The van der Waals surface area contributed by atoms with Crippen LogP contribution in [0.5, 0.6) is 5.75 Å². The van der Waals surface area contributed by atoms with Gasteiger partial charge in [0, 0.05) is 43.4 Å². The van der Waals surface area contributed by atoms with Crippen LogP contribution in [0, 0.1) is 11.6 Å². The smallest absolute Gasteiger partial charge is 0.326 e. The maximum atomic E-state index is 14.7. The van der Waals surface area contributed by atoms with Crippen LogP contribution in [0.1, 0.15) is 22.3 Å². The van der Waals surface area contributed by atoms with Crippen molar-refractivity contribution in [1.82, 2.24) is 14.5 Å². The van der Waals surface area contributed by atoms with Gasteiger partial charge in [-0.15, -0.1) is 0 Å². The van der Waals surface area contributed by atoms with Crippen LogP contribution in [0.2, 0.25) is 0 Å². The summed E-state index contributed by atoms with van der Waals surface area (Å²) < 4.78 is 41.6. The maximum absolute atomic E-state index is 14.7. The van der Waals surface area contributed by atoms with E-state index in [-0.39, 0.29) is 18.1 Å². The van der Waals surface area contributed by atoms with Gasteiger partial charge in [0.15, 0.2) is 0 Å². The highest BCUT2D eigenvalue weighted by Crippen LogP contribution is 2.39. The summed E-state index contributed by atoms with van der Waals surface area (Å²) in [5.41, 5.74) is 4.74.